The van der Waals surface area contributed by atoms with Gasteiger partial charge in [-0.25, -0.2) is 4.79 Å². The number of nitrogen functional groups attached to an aromatic ring is 1. The molecule has 0 spiro atoms. The fraction of sp³-hybridized carbons (Fsp3) is 0.500. The van der Waals surface area contributed by atoms with Crippen molar-refractivity contribution in [1.82, 2.24) is 4.90 Å². The van der Waals surface area contributed by atoms with Gasteiger partial charge in [0.2, 0.25) is 5.91 Å². The fourth-order valence-corrected chi connectivity index (χ4v) is 2.81. The van der Waals surface area contributed by atoms with Crippen LogP contribution in [0.3, 0.4) is 0 Å². The normalized spacial score (nSPS) is 19.3. The molecule has 21 heavy (non-hydrogen) atoms. The van der Waals surface area contributed by atoms with Gasteiger partial charge in [0.25, 0.3) is 0 Å². The zero-order valence-electron chi connectivity index (χ0n) is 12.5. The maximum atomic E-state index is 12.9. The van der Waals surface area contributed by atoms with Gasteiger partial charge in [0.05, 0.1) is 5.41 Å². The quantitative estimate of drug-likeness (QED) is 0.834. The summed E-state index contributed by atoms with van der Waals surface area (Å²) in [7, 11) is 0. The second-order valence-corrected chi connectivity index (χ2v) is 6.10. The lowest BCUT2D eigenvalue weighted by atomic mass is 9.82. The highest BCUT2D eigenvalue weighted by Gasteiger charge is 2.40. The molecule has 0 radical (unpaired) electrons. The van der Waals surface area contributed by atoms with Gasteiger partial charge < -0.3 is 15.7 Å². The summed E-state index contributed by atoms with van der Waals surface area (Å²) in [5.74, 6) is -1.06. The summed E-state index contributed by atoms with van der Waals surface area (Å²) in [5.41, 5.74) is 6.40. The molecular weight excluding hydrogens is 268 g/mol. The molecule has 1 amide bonds. The molecule has 1 aromatic rings. The van der Waals surface area contributed by atoms with Crippen LogP contribution in [0.4, 0.5) is 5.69 Å². The maximum Gasteiger partial charge on any atom is 0.326 e. The smallest absolute Gasteiger partial charge is 0.326 e. The number of nitrogens with zero attached hydrogens (tertiary/aromatic N) is 1. The molecule has 1 aliphatic heterocycles. The van der Waals surface area contributed by atoms with E-state index in [-0.39, 0.29) is 5.91 Å². The van der Waals surface area contributed by atoms with Crippen molar-refractivity contribution < 1.29 is 14.7 Å². The number of piperidine rings is 1. The molecule has 0 saturated carbocycles. The number of hydrogen-bond donors (Lipinski definition) is 2. The molecule has 1 aliphatic rings. The third kappa shape index (κ3) is 3.01. The Kier molecular flexibility index (Phi) is 4.21. The summed E-state index contributed by atoms with van der Waals surface area (Å²) in [6.07, 6.45) is 2.23. The highest BCUT2D eigenvalue weighted by molar-refractivity contribution is 5.91. The molecule has 1 aromatic carbocycles. The first-order valence-electron chi connectivity index (χ1n) is 7.24. The minimum absolute atomic E-state index is 0.139. The van der Waals surface area contributed by atoms with E-state index in [1.807, 2.05) is 26.0 Å². The van der Waals surface area contributed by atoms with E-state index in [1.54, 1.807) is 12.1 Å². The van der Waals surface area contributed by atoms with E-state index in [2.05, 4.69) is 0 Å². The van der Waals surface area contributed by atoms with Crippen LogP contribution in [-0.4, -0.2) is 34.5 Å². The Hall–Kier alpha value is -2.04. The summed E-state index contributed by atoms with van der Waals surface area (Å²) in [5, 5.41) is 9.32. The number of benzene rings is 1. The average molecular weight is 290 g/mol. The number of carbonyl (C=O) groups excluding carboxylic acids is 1. The van der Waals surface area contributed by atoms with E-state index >= 15 is 0 Å². The Morgan fingerprint density at radius 3 is 2.43 bits per heavy atom. The third-order valence-electron chi connectivity index (χ3n) is 4.22. The zero-order valence-corrected chi connectivity index (χ0v) is 12.5. The first kappa shape index (κ1) is 15.4. The predicted molar refractivity (Wildman–Crippen MR) is 80.9 cm³/mol. The lowest BCUT2D eigenvalue weighted by Gasteiger charge is -2.38. The molecule has 5 heteroatoms. The monoisotopic (exact) mass is 290 g/mol. The Morgan fingerprint density at radius 2 is 1.86 bits per heavy atom. The van der Waals surface area contributed by atoms with Gasteiger partial charge in [0, 0.05) is 12.2 Å². The summed E-state index contributed by atoms with van der Waals surface area (Å²) in [6.45, 7) is 4.16. The van der Waals surface area contributed by atoms with E-state index in [4.69, 9.17) is 5.73 Å². The number of rotatable bonds is 3. The van der Waals surface area contributed by atoms with Gasteiger partial charge in [-0.2, -0.15) is 0 Å². The number of hydrogen-bond acceptors (Lipinski definition) is 3. The molecule has 1 atom stereocenters. The van der Waals surface area contributed by atoms with Crippen LogP contribution in [0.5, 0.6) is 0 Å². The minimum atomic E-state index is -0.920. The topological polar surface area (TPSA) is 83.6 Å². The Bertz CT molecular complexity index is 537. The highest BCUT2D eigenvalue weighted by atomic mass is 16.4. The fourth-order valence-electron chi connectivity index (χ4n) is 2.81. The van der Waals surface area contributed by atoms with Crippen LogP contribution >= 0.6 is 0 Å². The van der Waals surface area contributed by atoms with Crippen molar-refractivity contribution in [2.45, 2.75) is 44.6 Å². The molecule has 114 valence electrons. The van der Waals surface area contributed by atoms with E-state index in [1.165, 1.54) is 4.90 Å². The Labute approximate surface area is 124 Å². The molecular formula is C16H22N2O3. The molecule has 3 N–H and O–H groups in total. The van der Waals surface area contributed by atoms with Crippen molar-refractivity contribution in [1.29, 1.82) is 0 Å². The van der Waals surface area contributed by atoms with Crippen LogP contribution in [0.15, 0.2) is 24.3 Å². The molecule has 0 bridgehead atoms. The summed E-state index contributed by atoms with van der Waals surface area (Å²) < 4.78 is 0. The largest absolute Gasteiger partial charge is 0.480 e. The Balaban J connectivity index is 2.27. The molecule has 0 unspecified atom stereocenters. The summed E-state index contributed by atoms with van der Waals surface area (Å²) in [4.78, 5) is 25.7. The number of carboxylic acid groups (broad SMARTS) is 1. The molecule has 1 heterocycles. The van der Waals surface area contributed by atoms with Crippen molar-refractivity contribution in [2.75, 3.05) is 12.3 Å². The van der Waals surface area contributed by atoms with Crippen LogP contribution in [0.2, 0.25) is 0 Å². The van der Waals surface area contributed by atoms with Crippen molar-refractivity contribution in [3.05, 3.63) is 29.8 Å². The van der Waals surface area contributed by atoms with Crippen LogP contribution in [0, 0.1) is 0 Å². The van der Waals surface area contributed by atoms with Crippen molar-refractivity contribution in [3.8, 4) is 0 Å². The first-order valence-corrected chi connectivity index (χ1v) is 7.24. The van der Waals surface area contributed by atoms with Crippen molar-refractivity contribution in [2.24, 2.45) is 0 Å². The number of carboxylic acids is 1. The second kappa shape index (κ2) is 5.76. The summed E-state index contributed by atoms with van der Waals surface area (Å²) >= 11 is 0. The second-order valence-electron chi connectivity index (χ2n) is 6.10. The van der Waals surface area contributed by atoms with Crippen molar-refractivity contribution >= 4 is 17.6 Å². The molecule has 5 nitrogen and oxygen atoms in total. The van der Waals surface area contributed by atoms with Crippen LogP contribution < -0.4 is 5.73 Å². The van der Waals surface area contributed by atoms with E-state index in [0.717, 1.165) is 18.4 Å². The van der Waals surface area contributed by atoms with E-state index in [0.29, 0.717) is 18.7 Å². The SMILES string of the molecule is CC(C)(C(=O)N1CCCC[C@@H]1C(=O)O)c1ccc(N)cc1. The third-order valence-corrected chi connectivity index (χ3v) is 4.22. The summed E-state index contributed by atoms with van der Waals surface area (Å²) in [6, 6.07) is 6.46. The zero-order chi connectivity index (χ0) is 15.6. The van der Waals surface area contributed by atoms with Gasteiger partial charge >= 0.3 is 5.97 Å². The van der Waals surface area contributed by atoms with Gasteiger partial charge in [-0.3, -0.25) is 4.79 Å². The predicted octanol–water partition coefficient (Wildman–Crippen LogP) is 2.01. The molecule has 0 aliphatic carbocycles. The Morgan fingerprint density at radius 1 is 1.24 bits per heavy atom. The molecule has 2 rings (SSSR count). The lowest BCUT2D eigenvalue weighted by molar-refractivity contribution is -0.154. The molecule has 1 fully saturated rings. The lowest BCUT2D eigenvalue weighted by Crippen LogP contribution is -2.53. The van der Waals surface area contributed by atoms with Gasteiger partial charge in [0.1, 0.15) is 6.04 Å². The number of amides is 1. The van der Waals surface area contributed by atoms with Crippen molar-refractivity contribution in [3.63, 3.8) is 0 Å². The van der Waals surface area contributed by atoms with Crippen LogP contribution in [-0.2, 0) is 15.0 Å². The van der Waals surface area contributed by atoms with Gasteiger partial charge in [-0.15, -0.1) is 0 Å². The first-order chi connectivity index (χ1) is 9.84. The number of likely N-dealkylation sites (tertiary alicyclic amines) is 1. The van der Waals surface area contributed by atoms with Gasteiger partial charge in [-0.05, 0) is 50.8 Å². The van der Waals surface area contributed by atoms with Crippen LogP contribution in [0.1, 0.15) is 38.7 Å². The highest BCUT2D eigenvalue weighted by Crippen LogP contribution is 2.29. The maximum absolute atomic E-state index is 12.9. The van der Waals surface area contributed by atoms with E-state index < -0.39 is 17.4 Å². The average Bonchev–Trinajstić information content (AvgIpc) is 2.46. The van der Waals surface area contributed by atoms with Crippen LogP contribution in [0.25, 0.3) is 0 Å². The molecule has 0 aromatic heterocycles. The van der Waals surface area contributed by atoms with Gasteiger partial charge in [-0.1, -0.05) is 12.1 Å². The molecule has 1 saturated heterocycles. The standard InChI is InChI=1S/C16H22N2O3/c1-16(2,11-6-8-12(17)9-7-11)15(21)18-10-4-3-5-13(18)14(19)20/h6-9,13H,3-5,10,17H2,1-2H3,(H,19,20)/t13-/m1/s1. The minimum Gasteiger partial charge on any atom is -0.480 e. The van der Waals surface area contributed by atoms with E-state index in [9.17, 15) is 14.7 Å². The van der Waals surface area contributed by atoms with Gasteiger partial charge in [0.15, 0.2) is 0 Å². The number of nitrogens with two attached hydrogens (primary N) is 1. The number of aliphatic carboxylic acids is 1. The number of anilines is 1. The number of carbonyl (C=O) groups is 2.